The van der Waals surface area contributed by atoms with E-state index in [9.17, 15) is 13.2 Å². The van der Waals surface area contributed by atoms with E-state index >= 15 is 0 Å². The predicted molar refractivity (Wildman–Crippen MR) is 82.4 cm³/mol. The lowest BCUT2D eigenvalue weighted by molar-refractivity contribution is -0.120. The maximum atomic E-state index is 12.3. The van der Waals surface area contributed by atoms with Gasteiger partial charge in [0.15, 0.2) is 0 Å². The van der Waals surface area contributed by atoms with Gasteiger partial charge in [0.1, 0.15) is 0 Å². The quantitative estimate of drug-likeness (QED) is 0.839. The Hall–Kier alpha value is -1.66. The smallest absolute Gasteiger partial charge is 0.238 e. The van der Waals surface area contributed by atoms with E-state index in [4.69, 9.17) is 5.14 Å². The summed E-state index contributed by atoms with van der Waals surface area (Å²) >= 11 is 0. The normalized spacial score (nSPS) is 18.5. The van der Waals surface area contributed by atoms with Crippen molar-refractivity contribution in [2.24, 2.45) is 11.1 Å². The van der Waals surface area contributed by atoms with Gasteiger partial charge in [0, 0.05) is 11.6 Å². The van der Waals surface area contributed by atoms with Crippen molar-refractivity contribution in [2.45, 2.75) is 38.0 Å². The van der Waals surface area contributed by atoms with Crippen molar-refractivity contribution < 1.29 is 13.2 Å². The molecule has 0 spiro atoms. The number of nitrogens with one attached hydrogen (secondary N) is 1. The molecule has 0 bridgehead atoms. The van der Waals surface area contributed by atoms with Crippen LogP contribution in [0.15, 0.2) is 29.2 Å². The van der Waals surface area contributed by atoms with E-state index < -0.39 is 10.0 Å². The first-order chi connectivity index (χ1) is 9.79. The Morgan fingerprint density at radius 1 is 1.29 bits per heavy atom. The van der Waals surface area contributed by atoms with Gasteiger partial charge in [-0.15, -0.1) is 0 Å². The van der Waals surface area contributed by atoms with Crippen LogP contribution in [0.5, 0.6) is 0 Å². The fourth-order valence-corrected chi connectivity index (χ4v) is 3.01. The van der Waals surface area contributed by atoms with Crippen LogP contribution in [0.4, 0.5) is 5.69 Å². The summed E-state index contributed by atoms with van der Waals surface area (Å²) in [5.41, 5.74) is 2.14. The molecule has 1 amide bonds. The number of hydrogen-bond donors (Lipinski definition) is 2. The predicted octanol–water partition coefficient (Wildman–Crippen LogP) is 2.25. The summed E-state index contributed by atoms with van der Waals surface area (Å²) in [5, 5.41) is 8.01. The number of amides is 1. The Bertz CT molecular complexity index is 693. The molecular weight excluding hydrogens is 288 g/mol. The molecule has 1 atom stereocenters. The van der Waals surface area contributed by atoms with Gasteiger partial charge in [-0.05, 0) is 56.4 Å². The Morgan fingerprint density at radius 3 is 2.57 bits per heavy atom. The summed E-state index contributed by atoms with van der Waals surface area (Å²) in [6.07, 6.45) is 6.51. The van der Waals surface area contributed by atoms with Crippen molar-refractivity contribution in [1.29, 1.82) is 0 Å². The fourth-order valence-electron chi connectivity index (χ4n) is 2.39. The molecule has 1 aromatic rings. The summed E-state index contributed by atoms with van der Waals surface area (Å²) < 4.78 is 23.0. The highest BCUT2D eigenvalue weighted by Crippen LogP contribution is 2.26. The SMILES string of the molecule is Cc1cc(S(N)(=O)=O)cc(NC(=O)C2CC=CCC2)c1C. The highest BCUT2D eigenvalue weighted by Gasteiger charge is 2.20. The van der Waals surface area contributed by atoms with E-state index in [0.717, 1.165) is 30.4 Å². The van der Waals surface area contributed by atoms with E-state index in [1.165, 1.54) is 12.1 Å². The number of carbonyl (C=O) groups excluding carboxylic acids is 1. The number of nitrogens with two attached hydrogens (primary N) is 1. The third-order valence-electron chi connectivity index (χ3n) is 3.87. The molecule has 21 heavy (non-hydrogen) atoms. The number of rotatable bonds is 3. The fraction of sp³-hybridized carbons (Fsp3) is 0.400. The number of hydrogen-bond acceptors (Lipinski definition) is 3. The topological polar surface area (TPSA) is 89.3 Å². The molecule has 0 radical (unpaired) electrons. The second-order valence-electron chi connectivity index (χ2n) is 5.43. The molecule has 0 aromatic heterocycles. The average molecular weight is 308 g/mol. The Labute approximate surface area is 125 Å². The third kappa shape index (κ3) is 3.71. The molecule has 1 aliphatic rings. The molecule has 2 rings (SSSR count). The van der Waals surface area contributed by atoms with Crippen molar-refractivity contribution in [3.8, 4) is 0 Å². The Morgan fingerprint density at radius 2 is 2.00 bits per heavy atom. The molecule has 5 nitrogen and oxygen atoms in total. The molecule has 0 aliphatic heterocycles. The first kappa shape index (κ1) is 15.7. The summed E-state index contributed by atoms with van der Waals surface area (Å²) in [4.78, 5) is 12.3. The number of allylic oxidation sites excluding steroid dienone is 2. The summed E-state index contributed by atoms with van der Waals surface area (Å²) in [6, 6.07) is 2.94. The largest absolute Gasteiger partial charge is 0.326 e. The summed E-state index contributed by atoms with van der Waals surface area (Å²) in [5.74, 6) is -0.138. The van der Waals surface area contributed by atoms with Gasteiger partial charge < -0.3 is 5.32 Å². The molecule has 0 saturated carbocycles. The minimum absolute atomic E-state index is 0.0180. The first-order valence-electron chi connectivity index (χ1n) is 6.89. The molecule has 3 N–H and O–H groups in total. The number of primary sulfonamides is 1. The lowest BCUT2D eigenvalue weighted by Gasteiger charge is -2.19. The van der Waals surface area contributed by atoms with E-state index in [1.54, 1.807) is 6.92 Å². The summed E-state index contributed by atoms with van der Waals surface area (Å²) in [6.45, 7) is 3.64. The molecule has 1 aliphatic carbocycles. The van der Waals surface area contributed by atoms with Crippen LogP contribution in [-0.2, 0) is 14.8 Å². The van der Waals surface area contributed by atoms with Gasteiger partial charge in [-0.3, -0.25) is 4.79 Å². The Balaban J connectivity index is 2.29. The van der Waals surface area contributed by atoms with Gasteiger partial charge in [-0.2, -0.15) is 0 Å². The highest BCUT2D eigenvalue weighted by atomic mass is 32.2. The van der Waals surface area contributed by atoms with Gasteiger partial charge in [-0.1, -0.05) is 12.2 Å². The standard InChI is InChI=1S/C15H20N2O3S/c1-10-8-13(21(16,19)20)9-14(11(10)2)17-15(18)12-6-4-3-5-7-12/h3-4,8-9,12H,5-7H2,1-2H3,(H,17,18)(H2,16,19,20). The minimum Gasteiger partial charge on any atom is -0.326 e. The van der Waals surface area contributed by atoms with E-state index in [1.807, 2.05) is 13.0 Å². The average Bonchev–Trinajstić information content (AvgIpc) is 2.43. The zero-order valence-corrected chi connectivity index (χ0v) is 13.0. The molecule has 0 saturated heterocycles. The van der Waals surface area contributed by atoms with Crippen molar-refractivity contribution in [3.63, 3.8) is 0 Å². The zero-order valence-electron chi connectivity index (χ0n) is 12.2. The van der Waals surface area contributed by atoms with Crippen molar-refractivity contribution in [2.75, 3.05) is 5.32 Å². The summed E-state index contributed by atoms with van der Waals surface area (Å²) in [7, 11) is -3.79. The van der Waals surface area contributed by atoms with Crippen LogP contribution in [-0.4, -0.2) is 14.3 Å². The molecule has 114 valence electrons. The lowest BCUT2D eigenvalue weighted by atomic mass is 9.93. The Kier molecular flexibility index (Phi) is 4.49. The van der Waals surface area contributed by atoms with Gasteiger partial charge >= 0.3 is 0 Å². The van der Waals surface area contributed by atoms with Gasteiger partial charge in [0.05, 0.1) is 4.90 Å². The molecular formula is C15H20N2O3S. The van der Waals surface area contributed by atoms with E-state index in [0.29, 0.717) is 5.69 Å². The number of sulfonamides is 1. The zero-order chi connectivity index (χ0) is 15.6. The van der Waals surface area contributed by atoms with Crippen molar-refractivity contribution in [1.82, 2.24) is 0 Å². The molecule has 1 aromatic carbocycles. The van der Waals surface area contributed by atoms with Crippen LogP contribution in [0.1, 0.15) is 30.4 Å². The van der Waals surface area contributed by atoms with Crippen LogP contribution >= 0.6 is 0 Å². The van der Waals surface area contributed by atoms with Gasteiger partial charge in [-0.25, -0.2) is 13.6 Å². The van der Waals surface area contributed by atoms with Crippen LogP contribution in [0.2, 0.25) is 0 Å². The minimum atomic E-state index is -3.79. The third-order valence-corrected chi connectivity index (χ3v) is 4.76. The van der Waals surface area contributed by atoms with Crippen LogP contribution < -0.4 is 10.5 Å². The van der Waals surface area contributed by atoms with E-state index in [-0.39, 0.29) is 16.7 Å². The monoisotopic (exact) mass is 308 g/mol. The second kappa shape index (κ2) is 5.99. The molecule has 6 heteroatoms. The highest BCUT2D eigenvalue weighted by molar-refractivity contribution is 7.89. The number of benzene rings is 1. The number of anilines is 1. The maximum Gasteiger partial charge on any atom is 0.238 e. The van der Waals surface area contributed by atoms with Crippen LogP contribution in [0.3, 0.4) is 0 Å². The van der Waals surface area contributed by atoms with Gasteiger partial charge in [0.2, 0.25) is 15.9 Å². The van der Waals surface area contributed by atoms with Crippen molar-refractivity contribution in [3.05, 3.63) is 35.4 Å². The lowest BCUT2D eigenvalue weighted by Crippen LogP contribution is -2.24. The van der Waals surface area contributed by atoms with E-state index in [2.05, 4.69) is 11.4 Å². The van der Waals surface area contributed by atoms with Crippen LogP contribution in [0, 0.1) is 19.8 Å². The first-order valence-corrected chi connectivity index (χ1v) is 8.43. The van der Waals surface area contributed by atoms with Crippen molar-refractivity contribution >= 4 is 21.6 Å². The molecule has 0 heterocycles. The maximum absolute atomic E-state index is 12.3. The second-order valence-corrected chi connectivity index (χ2v) is 6.99. The molecule has 1 unspecified atom stereocenters. The molecule has 0 fully saturated rings. The number of aryl methyl sites for hydroxylation is 1. The number of carbonyl (C=O) groups is 1. The van der Waals surface area contributed by atoms with Gasteiger partial charge in [0.25, 0.3) is 0 Å². The van der Waals surface area contributed by atoms with Crippen LogP contribution in [0.25, 0.3) is 0 Å².